The lowest BCUT2D eigenvalue weighted by Crippen LogP contribution is -2.67. The number of ether oxygens (including phenoxy) is 3. The van der Waals surface area contributed by atoms with E-state index >= 15 is 9.59 Å². The molecule has 4 aromatic rings. The number of Topliss-reactive ketones (excluding diaryl/α,β-unsaturated/α-hetero) is 1. The molecule has 0 spiro atoms. The van der Waals surface area contributed by atoms with Crippen molar-refractivity contribution in [3.63, 3.8) is 0 Å². The second kappa shape index (κ2) is 18.9. The SMILES string of the molecule is CCOC1(NC(=O)C(CC)Oc2ccc(C(C)(C)CC)cc2C(C)(C)CC)C(=O)N(C(Cl)(C(=O)Nc2ccccc2)C(=O)c2ccc(OC)cc2)C(=O)N1Cc1ccccc1. The first-order valence-electron chi connectivity index (χ1n) is 20.7. The molecule has 3 atom stereocenters. The van der Waals surface area contributed by atoms with Gasteiger partial charge in [0.2, 0.25) is 5.78 Å². The third-order valence-corrected chi connectivity index (χ3v) is 12.1. The van der Waals surface area contributed by atoms with E-state index in [4.69, 9.17) is 25.8 Å². The lowest BCUT2D eigenvalue weighted by molar-refractivity contribution is -0.181. The van der Waals surface area contributed by atoms with Crippen LogP contribution >= 0.6 is 11.6 Å². The standard InChI is InChI=1S/C48H57ClN4O8/c1-10-38(61-39-29-26-34(45(5,6)11-2)30-37(39)46(7,8)12-3)41(55)51-48(60-13-4)43(57)53(44(58)52(48)31-32-20-16-14-17-21-32)47(49,42(56)50-35-22-18-15-19-23-35)40(54)33-24-27-36(59-9)28-25-33/h14-30,38H,10-13,31H2,1-9H3,(H,50,56)(H,51,55). The number of amides is 5. The minimum absolute atomic E-state index is 0.106. The predicted molar refractivity (Wildman–Crippen MR) is 235 cm³/mol. The van der Waals surface area contributed by atoms with E-state index in [1.54, 1.807) is 74.5 Å². The Labute approximate surface area is 363 Å². The van der Waals surface area contributed by atoms with Gasteiger partial charge in [0.25, 0.3) is 16.8 Å². The Morgan fingerprint density at radius 2 is 1.41 bits per heavy atom. The van der Waals surface area contributed by atoms with E-state index in [-0.39, 0.29) is 41.7 Å². The Bertz CT molecular complexity index is 2220. The molecule has 13 heteroatoms. The molecular weight excluding hydrogens is 796 g/mol. The molecule has 3 unspecified atom stereocenters. The van der Waals surface area contributed by atoms with Gasteiger partial charge in [-0.15, -0.1) is 0 Å². The van der Waals surface area contributed by atoms with Crippen molar-refractivity contribution >= 4 is 46.8 Å². The summed E-state index contributed by atoms with van der Waals surface area (Å²) in [6.45, 7) is 15.7. The van der Waals surface area contributed by atoms with Crippen LogP contribution in [0.5, 0.6) is 11.5 Å². The van der Waals surface area contributed by atoms with Crippen molar-refractivity contribution < 1.29 is 38.2 Å². The van der Waals surface area contributed by atoms with Crippen LogP contribution in [0.4, 0.5) is 10.5 Å². The van der Waals surface area contributed by atoms with Crippen molar-refractivity contribution in [2.45, 2.75) is 109 Å². The third kappa shape index (κ3) is 9.30. The zero-order chi connectivity index (χ0) is 44.8. The van der Waals surface area contributed by atoms with Gasteiger partial charge in [0.15, 0.2) is 6.10 Å². The molecule has 4 aromatic carbocycles. The van der Waals surface area contributed by atoms with Crippen molar-refractivity contribution in [2.24, 2.45) is 0 Å². The fraction of sp³-hybridized carbons (Fsp3) is 0.396. The predicted octanol–water partition coefficient (Wildman–Crippen LogP) is 8.96. The summed E-state index contributed by atoms with van der Waals surface area (Å²) in [6, 6.07) is 27.4. The topological polar surface area (TPSA) is 144 Å². The van der Waals surface area contributed by atoms with Crippen LogP contribution in [-0.4, -0.2) is 70.0 Å². The molecule has 5 rings (SSSR count). The van der Waals surface area contributed by atoms with Crippen LogP contribution in [0.25, 0.3) is 0 Å². The molecule has 1 aliphatic heterocycles. The summed E-state index contributed by atoms with van der Waals surface area (Å²) < 4.78 is 18.0. The summed E-state index contributed by atoms with van der Waals surface area (Å²) >= 11 is 7.22. The molecule has 61 heavy (non-hydrogen) atoms. The van der Waals surface area contributed by atoms with Gasteiger partial charge in [-0.05, 0) is 90.6 Å². The van der Waals surface area contributed by atoms with Crippen LogP contribution in [0.2, 0.25) is 0 Å². The van der Waals surface area contributed by atoms with E-state index < -0.39 is 46.5 Å². The number of para-hydroxylation sites is 1. The second-order valence-corrected chi connectivity index (χ2v) is 16.8. The summed E-state index contributed by atoms with van der Waals surface area (Å²) in [5, 5.41) is 5.33. The van der Waals surface area contributed by atoms with Crippen molar-refractivity contribution in [3.05, 3.63) is 125 Å². The monoisotopic (exact) mass is 852 g/mol. The maximum Gasteiger partial charge on any atom is 0.333 e. The quantitative estimate of drug-likeness (QED) is 0.0238. The molecule has 5 amide bonds. The van der Waals surface area contributed by atoms with Gasteiger partial charge < -0.3 is 19.5 Å². The molecule has 0 radical (unpaired) electrons. The molecule has 1 saturated heterocycles. The number of benzene rings is 4. The first kappa shape index (κ1) is 46.3. The van der Waals surface area contributed by atoms with Gasteiger partial charge in [0.05, 0.1) is 13.7 Å². The number of halogens is 1. The van der Waals surface area contributed by atoms with E-state index in [0.29, 0.717) is 22.0 Å². The van der Waals surface area contributed by atoms with Crippen molar-refractivity contribution in [1.29, 1.82) is 0 Å². The average Bonchev–Trinajstić information content (AvgIpc) is 3.46. The van der Waals surface area contributed by atoms with E-state index in [1.807, 2.05) is 12.1 Å². The molecule has 324 valence electrons. The van der Waals surface area contributed by atoms with Gasteiger partial charge in [0.1, 0.15) is 11.5 Å². The highest BCUT2D eigenvalue weighted by Gasteiger charge is 2.69. The molecule has 1 fully saturated rings. The zero-order valence-corrected chi connectivity index (χ0v) is 37.2. The first-order valence-corrected chi connectivity index (χ1v) is 21.0. The highest BCUT2D eigenvalue weighted by molar-refractivity contribution is 6.51. The maximum atomic E-state index is 15.3. The Hall–Kier alpha value is -5.72. The number of methoxy groups -OCH3 is 1. The number of carbonyl (C=O) groups excluding carboxylic acids is 5. The van der Waals surface area contributed by atoms with E-state index in [2.05, 4.69) is 58.2 Å². The Morgan fingerprint density at radius 1 is 0.803 bits per heavy atom. The number of urea groups is 1. The minimum atomic E-state index is -3.04. The molecule has 2 N–H and O–H groups in total. The number of hydrogen-bond donors (Lipinski definition) is 2. The number of nitrogens with zero attached hydrogens (tertiary/aromatic N) is 2. The van der Waals surface area contributed by atoms with Crippen LogP contribution in [0.3, 0.4) is 0 Å². The average molecular weight is 853 g/mol. The molecule has 0 bridgehead atoms. The lowest BCUT2D eigenvalue weighted by Gasteiger charge is -2.36. The lowest BCUT2D eigenvalue weighted by atomic mass is 9.76. The van der Waals surface area contributed by atoms with Crippen LogP contribution in [0, 0.1) is 0 Å². The fourth-order valence-corrected chi connectivity index (χ4v) is 7.31. The summed E-state index contributed by atoms with van der Waals surface area (Å²) in [5.74, 6) is -6.04. The number of anilines is 1. The van der Waals surface area contributed by atoms with E-state index in [0.717, 1.165) is 28.9 Å². The van der Waals surface area contributed by atoms with Crippen LogP contribution in [0.15, 0.2) is 103 Å². The van der Waals surface area contributed by atoms with Gasteiger partial charge in [-0.25, -0.2) is 9.69 Å². The second-order valence-electron chi connectivity index (χ2n) is 16.3. The highest BCUT2D eigenvalue weighted by atomic mass is 35.5. The van der Waals surface area contributed by atoms with Crippen LogP contribution in [0.1, 0.15) is 102 Å². The van der Waals surface area contributed by atoms with Gasteiger partial charge >= 0.3 is 17.8 Å². The van der Waals surface area contributed by atoms with Crippen molar-refractivity contribution in [2.75, 3.05) is 19.0 Å². The highest BCUT2D eigenvalue weighted by Crippen LogP contribution is 2.41. The molecular formula is C48H57ClN4O8. The zero-order valence-electron chi connectivity index (χ0n) is 36.5. The summed E-state index contributed by atoms with van der Waals surface area (Å²) in [7, 11) is 1.45. The Balaban J connectivity index is 1.64. The number of nitrogens with one attached hydrogen (secondary N) is 2. The molecule has 0 aromatic heterocycles. The van der Waals surface area contributed by atoms with Crippen LogP contribution < -0.4 is 20.1 Å². The largest absolute Gasteiger partial charge is 0.497 e. The summed E-state index contributed by atoms with van der Waals surface area (Å²) in [4.78, 5) is 72.5. The van der Waals surface area contributed by atoms with Gasteiger partial charge in [-0.2, -0.15) is 0 Å². The molecule has 12 nitrogen and oxygen atoms in total. The van der Waals surface area contributed by atoms with Gasteiger partial charge in [-0.1, -0.05) is 121 Å². The normalized spacial score (nSPS) is 17.1. The molecule has 1 heterocycles. The first-order chi connectivity index (χ1) is 28.9. The summed E-state index contributed by atoms with van der Waals surface area (Å²) in [5.41, 5.74) is 2.27. The number of rotatable bonds is 19. The minimum Gasteiger partial charge on any atom is -0.497 e. The van der Waals surface area contributed by atoms with Crippen LogP contribution in [-0.2, 0) is 36.5 Å². The molecule has 0 saturated carbocycles. The number of imide groups is 1. The van der Waals surface area contributed by atoms with Gasteiger partial charge in [-0.3, -0.25) is 29.4 Å². The third-order valence-electron chi connectivity index (χ3n) is 11.6. The Morgan fingerprint density at radius 3 is 1.97 bits per heavy atom. The van der Waals surface area contributed by atoms with E-state index in [9.17, 15) is 14.4 Å². The summed E-state index contributed by atoms with van der Waals surface area (Å²) in [6.07, 6.45) is 0.656. The molecule has 0 aliphatic carbocycles. The van der Waals surface area contributed by atoms with Crippen molar-refractivity contribution in [1.82, 2.24) is 15.1 Å². The smallest absolute Gasteiger partial charge is 0.333 e. The number of hydrogen-bond acceptors (Lipinski definition) is 8. The number of ketones is 1. The number of alkyl halides is 1. The van der Waals surface area contributed by atoms with E-state index in [1.165, 1.54) is 31.4 Å². The molecule has 1 aliphatic rings. The maximum absolute atomic E-state index is 15.3. The van der Waals surface area contributed by atoms with Crippen molar-refractivity contribution in [3.8, 4) is 11.5 Å². The van der Waals surface area contributed by atoms with Gasteiger partial charge in [0, 0.05) is 23.4 Å². The fourth-order valence-electron chi connectivity index (χ4n) is 7.01. The number of carbonyl (C=O) groups is 5. The Kier molecular flexibility index (Phi) is 14.4.